The summed E-state index contributed by atoms with van der Waals surface area (Å²) >= 11 is 0. The number of rotatable bonds is 3. The van der Waals surface area contributed by atoms with Crippen molar-refractivity contribution in [2.75, 3.05) is 43.1 Å². The zero-order chi connectivity index (χ0) is 19.0. The van der Waals surface area contributed by atoms with Gasteiger partial charge in [0.25, 0.3) is 0 Å². The molecule has 2 heterocycles. The van der Waals surface area contributed by atoms with Crippen LogP contribution in [-0.4, -0.2) is 49.0 Å². The van der Waals surface area contributed by atoms with Crippen molar-refractivity contribution in [3.8, 4) is 5.75 Å². The van der Waals surface area contributed by atoms with Gasteiger partial charge in [-0.25, -0.2) is 9.97 Å². The number of anilines is 2. The molecule has 1 fully saturated rings. The lowest BCUT2D eigenvalue weighted by Gasteiger charge is -2.36. The maximum atomic E-state index is 12.3. The number of ether oxygens (including phenoxy) is 1. The number of hydrogen-bond acceptors (Lipinski definition) is 6. The average molecular weight is 366 g/mol. The lowest BCUT2D eigenvalue weighted by molar-refractivity contribution is 0.0951. The molecule has 142 valence electrons. The van der Waals surface area contributed by atoms with Crippen molar-refractivity contribution in [3.05, 3.63) is 41.2 Å². The van der Waals surface area contributed by atoms with Gasteiger partial charge in [-0.3, -0.25) is 4.79 Å². The molecule has 2 aromatic rings. The Kier molecular flexibility index (Phi) is 4.72. The molecule has 1 unspecified atom stereocenters. The number of aromatic nitrogens is 2. The fourth-order valence-corrected chi connectivity index (χ4v) is 4.05. The third-order valence-electron chi connectivity index (χ3n) is 5.51. The van der Waals surface area contributed by atoms with Gasteiger partial charge in [-0.1, -0.05) is 6.92 Å². The largest absolute Gasteiger partial charge is 0.497 e. The van der Waals surface area contributed by atoms with Gasteiger partial charge < -0.3 is 14.5 Å². The van der Waals surface area contributed by atoms with Gasteiger partial charge in [-0.2, -0.15) is 0 Å². The molecule has 0 amide bonds. The van der Waals surface area contributed by atoms with E-state index in [0.717, 1.165) is 61.2 Å². The van der Waals surface area contributed by atoms with E-state index in [0.29, 0.717) is 12.3 Å². The second-order valence-electron chi connectivity index (χ2n) is 7.54. The molecule has 0 saturated carbocycles. The van der Waals surface area contributed by atoms with Crippen LogP contribution in [0.5, 0.6) is 5.75 Å². The molecular weight excluding hydrogens is 340 g/mol. The molecule has 1 aliphatic heterocycles. The Bertz CT molecular complexity index is 842. The molecule has 0 radical (unpaired) electrons. The van der Waals surface area contributed by atoms with E-state index in [9.17, 15) is 4.79 Å². The Morgan fingerprint density at radius 1 is 1.00 bits per heavy atom. The monoisotopic (exact) mass is 366 g/mol. The summed E-state index contributed by atoms with van der Waals surface area (Å²) in [6, 6.07) is 8.19. The van der Waals surface area contributed by atoms with Crippen molar-refractivity contribution in [1.29, 1.82) is 0 Å². The third-order valence-corrected chi connectivity index (χ3v) is 5.51. The topological polar surface area (TPSA) is 58.6 Å². The van der Waals surface area contributed by atoms with E-state index in [2.05, 4.69) is 33.8 Å². The standard InChI is InChI=1S/C21H26N4O2/c1-14-12-18-20(19(26)13-14)15(2)22-21(23-18)25-10-8-24(9-11-25)16-4-6-17(27-3)7-5-16/h4-7,14H,8-13H2,1-3H3. The maximum Gasteiger partial charge on any atom is 0.225 e. The Balaban J connectivity index is 1.49. The Labute approximate surface area is 160 Å². The number of Topliss-reactive ketones (excluding diaryl/α,β-unsaturated/α-hetero) is 1. The summed E-state index contributed by atoms with van der Waals surface area (Å²) in [6.07, 6.45) is 1.47. The van der Waals surface area contributed by atoms with Crippen LogP contribution in [0.3, 0.4) is 0 Å². The Hall–Kier alpha value is -2.63. The third kappa shape index (κ3) is 3.48. The zero-order valence-electron chi connectivity index (χ0n) is 16.2. The molecule has 0 bridgehead atoms. The molecule has 1 aromatic heterocycles. The van der Waals surface area contributed by atoms with Crippen LogP contribution in [0.2, 0.25) is 0 Å². The van der Waals surface area contributed by atoms with Gasteiger partial charge in [0.05, 0.1) is 24.1 Å². The summed E-state index contributed by atoms with van der Waals surface area (Å²) in [7, 11) is 1.68. The number of carbonyl (C=O) groups is 1. The van der Waals surface area contributed by atoms with Gasteiger partial charge in [0.2, 0.25) is 5.95 Å². The molecule has 6 heteroatoms. The summed E-state index contributed by atoms with van der Waals surface area (Å²) in [4.78, 5) is 26.4. The van der Waals surface area contributed by atoms with Gasteiger partial charge in [-0.05, 0) is 43.5 Å². The molecule has 1 atom stereocenters. The van der Waals surface area contributed by atoms with Gasteiger partial charge in [0, 0.05) is 38.3 Å². The Morgan fingerprint density at radius 2 is 1.67 bits per heavy atom. The van der Waals surface area contributed by atoms with Crippen molar-refractivity contribution < 1.29 is 9.53 Å². The number of hydrogen-bond donors (Lipinski definition) is 0. The lowest BCUT2D eigenvalue weighted by atomic mass is 9.86. The van der Waals surface area contributed by atoms with Crippen LogP contribution < -0.4 is 14.5 Å². The molecular formula is C21H26N4O2. The number of piperazine rings is 1. The van der Waals surface area contributed by atoms with Crippen molar-refractivity contribution in [2.24, 2.45) is 5.92 Å². The average Bonchev–Trinajstić information content (AvgIpc) is 2.67. The fourth-order valence-electron chi connectivity index (χ4n) is 4.05. The van der Waals surface area contributed by atoms with E-state index in [4.69, 9.17) is 9.72 Å². The SMILES string of the molecule is COc1ccc(N2CCN(c3nc(C)c4c(n3)CC(C)CC4=O)CC2)cc1. The number of nitrogens with zero attached hydrogens (tertiary/aromatic N) is 4. The molecule has 27 heavy (non-hydrogen) atoms. The highest BCUT2D eigenvalue weighted by Gasteiger charge is 2.28. The van der Waals surface area contributed by atoms with Gasteiger partial charge in [-0.15, -0.1) is 0 Å². The van der Waals surface area contributed by atoms with E-state index in [1.165, 1.54) is 5.69 Å². The summed E-state index contributed by atoms with van der Waals surface area (Å²) in [5.74, 6) is 2.19. The highest BCUT2D eigenvalue weighted by atomic mass is 16.5. The number of methoxy groups -OCH3 is 1. The molecule has 4 rings (SSSR count). The first-order valence-corrected chi connectivity index (χ1v) is 9.60. The van der Waals surface area contributed by atoms with Gasteiger partial charge >= 0.3 is 0 Å². The first kappa shape index (κ1) is 17.8. The van der Waals surface area contributed by atoms with Crippen LogP contribution in [0, 0.1) is 12.8 Å². The van der Waals surface area contributed by atoms with Crippen LogP contribution in [0.15, 0.2) is 24.3 Å². The maximum absolute atomic E-state index is 12.3. The smallest absolute Gasteiger partial charge is 0.225 e. The first-order valence-electron chi connectivity index (χ1n) is 9.60. The number of fused-ring (bicyclic) bond motifs is 1. The van der Waals surface area contributed by atoms with Gasteiger partial charge in [0.15, 0.2) is 5.78 Å². The lowest BCUT2D eigenvalue weighted by Crippen LogP contribution is -2.47. The second kappa shape index (κ2) is 7.18. The molecule has 0 N–H and O–H groups in total. The van der Waals surface area contributed by atoms with E-state index in [1.807, 2.05) is 19.1 Å². The zero-order valence-corrected chi connectivity index (χ0v) is 16.2. The fraction of sp³-hybridized carbons (Fsp3) is 0.476. The number of benzene rings is 1. The molecule has 1 aromatic carbocycles. The highest BCUT2D eigenvalue weighted by Crippen LogP contribution is 2.28. The summed E-state index contributed by atoms with van der Waals surface area (Å²) < 4.78 is 5.24. The van der Waals surface area contributed by atoms with Crippen molar-refractivity contribution >= 4 is 17.4 Å². The van der Waals surface area contributed by atoms with E-state index >= 15 is 0 Å². The van der Waals surface area contributed by atoms with E-state index in [1.54, 1.807) is 7.11 Å². The first-order chi connectivity index (χ1) is 13.0. The molecule has 1 aliphatic carbocycles. The minimum Gasteiger partial charge on any atom is -0.497 e. The molecule has 1 saturated heterocycles. The molecule has 0 spiro atoms. The van der Waals surface area contributed by atoms with Crippen LogP contribution in [-0.2, 0) is 6.42 Å². The summed E-state index contributed by atoms with van der Waals surface area (Å²) in [5, 5.41) is 0. The van der Waals surface area contributed by atoms with E-state index in [-0.39, 0.29) is 5.78 Å². The minimum absolute atomic E-state index is 0.192. The van der Waals surface area contributed by atoms with Crippen LogP contribution >= 0.6 is 0 Å². The van der Waals surface area contributed by atoms with Crippen molar-refractivity contribution in [3.63, 3.8) is 0 Å². The second-order valence-corrected chi connectivity index (χ2v) is 7.54. The van der Waals surface area contributed by atoms with Crippen LogP contribution in [0.25, 0.3) is 0 Å². The van der Waals surface area contributed by atoms with Crippen molar-refractivity contribution in [1.82, 2.24) is 9.97 Å². The summed E-state index contributed by atoms with van der Waals surface area (Å²) in [5.41, 5.74) is 3.72. The molecule has 6 nitrogen and oxygen atoms in total. The van der Waals surface area contributed by atoms with Gasteiger partial charge in [0.1, 0.15) is 5.75 Å². The Morgan fingerprint density at radius 3 is 2.33 bits per heavy atom. The van der Waals surface area contributed by atoms with Crippen LogP contribution in [0.4, 0.5) is 11.6 Å². The predicted molar refractivity (Wildman–Crippen MR) is 106 cm³/mol. The normalized spacial score (nSPS) is 19.8. The predicted octanol–water partition coefficient (Wildman–Crippen LogP) is 2.89. The van der Waals surface area contributed by atoms with Crippen LogP contribution in [0.1, 0.15) is 35.1 Å². The summed E-state index contributed by atoms with van der Waals surface area (Å²) in [6.45, 7) is 7.63. The molecule has 2 aliphatic rings. The quantitative estimate of drug-likeness (QED) is 0.833. The number of ketones is 1. The number of carbonyl (C=O) groups excluding carboxylic acids is 1. The number of aryl methyl sites for hydroxylation is 1. The van der Waals surface area contributed by atoms with Crippen molar-refractivity contribution in [2.45, 2.75) is 26.7 Å². The minimum atomic E-state index is 0.192. The van der Waals surface area contributed by atoms with E-state index < -0.39 is 0 Å². The highest BCUT2D eigenvalue weighted by molar-refractivity contribution is 5.99.